The van der Waals surface area contributed by atoms with Crippen molar-refractivity contribution in [1.29, 1.82) is 0 Å². The molecular formula is C17H10ClN3O3S. The molecule has 2 aromatic carbocycles. The normalized spacial score (nSPS) is 10.9. The fraction of sp³-hybridized carbons (Fsp3) is 0. The van der Waals surface area contributed by atoms with Crippen LogP contribution in [0, 0.1) is 0 Å². The molecule has 0 aliphatic heterocycles. The summed E-state index contributed by atoms with van der Waals surface area (Å²) >= 11 is 7.41. The minimum absolute atomic E-state index is 0.0923. The van der Waals surface area contributed by atoms with Gasteiger partial charge in [0.1, 0.15) is 22.9 Å². The minimum Gasteiger partial charge on any atom is -0.463 e. The number of anilines is 1. The van der Waals surface area contributed by atoms with Crippen LogP contribution in [0.4, 0.5) is 5.13 Å². The van der Waals surface area contributed by atoms with Gasteiger partial charge in [-0.2, -0.15) is 0 Å². The van der Waals surface area contributed by atoms with Gasteiger partial charge in [0.25, 0.3) is 5.91 Å². The van der Waals surface area contributed by atoms with E-state index in [1.165, 1.54) is 11.3 Å². The minimum atomic E-state index is -0.607. The predicted molar refractivity (Wildman–Crippen MR) is 98.2 cm³/mol. The molecule has 0 saturated heterocycles. The molecule has 2 N–H and O–H groups in total. The summed E-state index contributed by atoms with van der Waals surface area (Å²) in [7, 11) is 0. The van der Waals surface area contributed by atoms with Gasteiger partial charge in [0.2, 0.25) is 10.6 Å². The van der Waals surface area contributed by atoms with Crippen LogP contribution in [0.3, 0.4) is 0 Å². The highest BCUT2D eigenvalue weighted by Crippen LogP contribution is 2.30. The van der Waals surface area contributed by atoms with E-state index in [2.05, 4.69) is 15.8 Å². The Hall–Kier alpha value is -2.90. The molecule has 6 nitrogen and oxygen atoms in total. The molecule has 1 amide bonds. The van der Waals surface area contributed by atoms with Crippen LogP contribution in [0.1, 0.15) is 10.4 Å². The van der Waals surface area contributed by atoms with Gasteiger partial charge in [-0.25, -0.2) is 4.98 Å². The van der Waals surface area contributed by atoms with Crippen molar-refractivity contribution in [1.82, 2.24) is 10.4 Å². The highest BCUT2D eigenvalue weighted by atomic mass is 35.5. The second-order valence-electron chi connectivity index (χ2n) is 5.16. The Morgan fingerprint density at radius 2 is 2.00 bits per heavy atom. The third-order valence-corrected chi connectivity index (χ3v) is 4.82. The number of hydrazine groups is 1. The van der Waals surface area contributed by atoms with Gasteiger partial charge in [0.05, 0.1) is 15.1 Å². The molecule has 25 heavy (non-hydrogen) atoms. The zero-order valence-corrected chi connectivity index (χ0v) is 14.1. The number of nitrogens with zero attached hydrogens (tertiary/aromatic N) is 1. The number of hydrogen-bond acceptors (Lipinski definition) is 6. The van der Waals surface area contributed by atoms with Gasteiger partial charge in [-0.15, -0.1) is 0 Å². The highest BCUT2D eigenvalue weighted by molar-refractivity contribution is 7.22. The van der Waals surface area contributed by atoms with Crippen LogP contribution < -0.4 is 16.3 Å². The Morgan fingerprint density at radius 3 is 2.84 bits per heavy atom. The number of halogens is 1. The number of rotatable bonds is 3. The van der Waals surface area contributed by atoms with Crippen LogP contribution in [0.5, 0.6) is 0 Å². The topological polar surface area (TPSA) is 84.2 Å². The summed E-state index contributed by atoms with van der Waals surface area (Å²) in [6, 6.07) is 12.2. The molecule has 0 spiro atoms. The van der Waals surface area contributed by atoms with Crippen molar-refractivity contribution < 1.29 is 9.21 Å². The molecule has 0 unspecified atom stereocenters. The van der Waals surface area contributed by atoms with Crippen molar-refractivity contribution in [2.45, 2.75) is 0 Å². The van der Waals surface area contributed by atoms with E-state index in [-0.39, 0.29) is 5.56 Å². The third kappa shape index (κ3) is 2.84. The van der Waals surface area contributed by atoms with Crippen molar-refractivity contribution in [3.63, 3.8) is 0 Å². The molecule has 4 rings (SSSR count). The van der Waals surface area contributed by atoms with E-state index in [0.29, 0.717) is 26.6 Å². The first-order chi connectivity index (χ1) is 12.1. The number of carbonyl (C=O) groups excluding carboxylic acids is 1. The summed E-state index contributed by atoms with van der Waals surface area (Å²) in [5, 5.41) is 1.34. The van der Waals surface area contributed by atoms with Crippen LogP contribution in [0.25, 0.3) is 21.2 Å². The average Bonchev–Trinajstić information content (AvgIpc) is 3.05. The van der Waals surface area contributed by atoms with Crippen LogP contribution in [0.2, 0.25) is 5.02 Å². The molecule has 0 radical (unpaired) electrons. The molecule has 8 heteroatoms. The maximum atomic E-state index is 12.4. The van der Waals surface area contributed by atoms with Gasteiger partial charge in [-0.3, -0.25) is 20.4 Å². The summed E-state index contributed by atoms with van der Waals surface area (Å²) < 4.78 is 6.23. The lowest BCUT2D eigenvalue weighted by molar-refractivity contribution is 0.0960. The fourth-order valence-electron chi connectivity index (χ4n) is 2.38. The van der Waals surface area contributed by atoms with E-state index in [0.717, 1.165) is 11.0 Å². The van der Waals surface area contributed by atoms with E-state index >= 15 is 0 Å². The molecule has 2 aromatic heterocycles. The van der Waals surface area contributed by atoms with Crippen LogP contribution in [-0.4, -0.2) is 10.9 Å². The van der Waals surface area contributed by atoms with Crippen molar-refractivity contribution in [2.75, 3.05) is 5.43 Å². The maximum absolute atomic E-state index is 12.4. The Kier molecular flexibility index (Phi) is 3.87. The third-order valence-electron chi connectivity index (χ3n) is 3.58. The fourth-order valence-corrected chi connectivity index (χ4v) is 3.50. The Bertz CT molecular complexity index is 1170. The maximum Gasteiger partial charge on any atom is 0.276 e. The highest BCUT2D eigenvalue weighted by Gasteiger charge is 2.15. The van der Waals surface area contributed by atoms with E-state index < -0.39 is 11.3 Å². The van der Waals surface area contributed by atoms with Crippen LogP contribution in [0.15, 0.2) is 57.9 Å². The SMILES string of the molecule is O=C(NNc1nc2c(Cl)cccc2s1)c1coc2ccccc2c1=O. The molecule has 0 saturated carbocycles. The van der Waals surface area contributed by atoms with E-state index in [1.54, 1.807) is 30.3 Å². The number of fused-ring (bicyclic) bond motifs is 2. The van der Waals surface area contributed by atoms with Crippen molar-refractivity contribution in [3.05, 3.63) is 69.5 Å². The van der Waals surface area contributed by atoms with Gasteiger partial charge in [0.15, 0.2) is 0 Å². The quantitative estimate of drug-likeness (QED) is 0.535. The average molecular weight is 372 g/mol. The molecular weight excluding hydrogens is 362 g/mol. The monoisotopic (exact) mass is 371 g/mol. The summed E-state index contributed by atoms with van der Waals surface area (Å²) in [4.78, 5) is 29.0. The number of carbonyl (C=O) groups is 1. The van der Waals surface area contributed by atoms with Gasteiger partial charge in [-0.05, 0) is 24.3 Å². The molecule has 0 aliphatic rings. The van der Waals surface area contributed by atoms with E-state index in [1.807, 2.05) is 12.1 Å². The number of nitrogens with one attached hydrogen (secondary N) is 2. The van der Waals surface area contributed by atoms with Gasteiger partial charge < -0.3 is 4.42 Å². The first-order valence-corrected chi connectivity index (χ1v) is 8.45. The molecule has 0 atom stereocenters. The van der Waals surface area contributed by atoms with Gasteiger partial charge >= 0.3 is 0 Å². The lowest BCUT2D eigenvalue weighted by Gasteiger charge is -2.05. The summed E-state index contributed by atoms with van der Waals surface area (Å²) in [6.07, 6.45) is 1.15. The van der Waals surface area contributed by atoms with E-state index in [9.17, 15) is 9.59 Å². The Balaban J connectivity index is 1.58. The summed E-state index contributed by atoms with van der Waals surface area (Å²) in [5.41, 5.74) is 5.75. The smallest absolute Gasteiger partial charge is 0.276 e. The second-order valence-corrected chi connectivity index (χ2v) is 6.60. The predicted octanol–water partition coefficient (Wildman–Crippen LogP) is 3.81. The lowest BCUT2D eigenvalue weighted by atomic mass is 10.2. The number of hydrogen-bond donors (Lipinski definition) is 2. The number of benzene rings is 2. The molecule has 0 fully saturated rings. The van der Waals surface area contributed by atoms with Gasteiger partial charge in [0, 0.05) is 0 Å². The largest absolute Gasteiger partial charge is 0.463 e. The number of amides is 1. The van der Waals surface area contributed by atoms with Crippen LogP contribution in [-0.2, 0) is 0 Å². The van der Waals surface area contributed by atoms with Crippen molar-refractivity contribution in [3.8, 4) is 0 Å². The van der Waals surface area contributed by atoms with Crippen molar-refractivity contribution in [2.24, 2.45) is 0 Å². The molecule has 0 aliphatic carbocycles. The zero-order valence-electron chi connectivity index (χ0n) is 12.6. The first-order valence-electron chi connectivity index (χ1n) is 7.25. The first kappa shape index (κ1) is 15.6. The number of aromatic nitrogens is 1. The Morgan fingerprint density at radius 1 is 1.16 bits per heavy atom. The molecule has 4 aromatic rings. The lowest BCUT2D eigenvalue weighted by Crippen LogP contribution is -2.32. The number of para-hydroxylation sites is 2. The summed E-state index contributed by atoms with van der Waals surface area (Å²) in [5.74, 6) is -0.607. The van der Waals surface area contributed by atoms with Gasteiger partial charge in [-0.1, -0.05) is 41.1 Å². The van der Waals surface area contributed by atoms with E-state index in [4.69, 9.17) is 16.0 Å². The summed E-state index contributed by atoms with van der Waals surface area (Å²) in [6.45, 7) is 0. The zero-order chi connectivity index (χ0) is 17.4. The molecule has 2 heterocycles. The second kappa shape index (κ2) is 6.19. The van der Waals surface area contributed by atoms with Crippen molar-refractivity contribution >= 4 is 55.2 Å². The molecule has 0 bridgehead atoms. The molecule has 124 valence electrons. The number of thiazole rings is 1. The Labute approximate surface area is 150 Å². The van der Waals surface area contributed by atoms with Crippen LogP contribution >= 0.6 is 22.9 Å². The standard InChI is InChI=1S/C17H10ClN3O3S/c18-11-5-3-7-13-14(11)19-17(25-13)21-20-16(23)10-8-24-12-6-2-1-4-9(12)15(10)22/h1-8H,(H,19,21)(H,20,23).